The van der Waals surface area contributed by atoms with E-state index in [4.69, 9.17) is 10.8 Å². The van der Waals surface area contributed by atoms with Crippen molar-refractivity contribution in [1.29, 1.82) is 0 Å². The van der Waals surface area contributed by atoms with Crippen LogP contribution >= 0.6 is 0 Å². The maximum atomic E-state index is 8.79. The number of aliphatic hydroxyl groups excluding tert-OH is 1. The van der Waals surface area contributed by atoms with Gasteiger partial charge >= 0.3 is 0 Å². The summed E-state index contributed by atoms with van der Waals surface area (Å²) in [6, 6.07) is 7.80. The number of aryl methyl sites for hydroxylation is 1. The summed E-state index contributed by atoms with van der Waals surface area (Å²) in [5, 5.41) is 8.79. The molecule has 12 heavy (non-hydrogen) atoms. The first-order valence-corrected chi connectivity index (χ1v) is 4.23. The van der Waals surface area contributed by atoms with Crippen molar-refractivity contribution in [2.75, 3.05) is 6.61 Å². The summed E-state index contributed by atoms with van der Waals surface area (Å²) in [7, 11) is 0. The Morgan fingerprint density at radius 2 is 1.92 bits per heavy atom. The first kappa shape index (κ1) is 9.23. The molecule has 0 aliphatic rings. The van der Waals surface area contributed by atoms with Gasteiger partial charge in [-0.05, 0) is 17.5 Å². The molecular weight excluding hydrogens is 150 g/mol. The fourth-order valence-corrected chi connectivity index (χ4v) is 1.11. The monoisotopic (exact) mass is 165 g/mol. The van der Waals surface area contributed by atoms with Crippen LogP contribution in [0.1, 0.15) is 24.1 Å². The van der Waals surface area contributed by atoms with Crippen LogP contribution in [0.4, 0.5) is 0 Å². The summed E-state index contributed by atoms with van der Waals surface area (Å²) < 4.78 is 0. The molecule has 0 saturated carbocycles. The van der Waals surface area contributed by atoms with Gasteiger partial charge in [-0.25, -0.2) is 0 Å². The first-order valence-electron chi connectivity index (χ1n) is 4.23. The van der Waals surface area contributed by atoms with E-state index in [0.717, 1.165) is 12.0 Å². The van der Waals surface area contributed by atoms with E-state index in [-0.39, 0.29) is 12.6 Å². The van der Waals surface area contributed by atoms with Gasteiger partial charge in [0.25, 0.3) is 0 Å². The van der Waals surface area contributed by atoms with E-state index in [1.807, 2.05) is 24.3 Å². The number of hydrogen-bond acceptors (Lipinski definition) is 2. The van der Waals surface area contributed by atoms with Gasteiger partial charge < -0.3 is 10.8 Å². The zero-order chi connectivity index (χ0) is 8.97. The van der Waals surface area contributed by atoms with Crippen LogP contribution in [-0.4, -0.2) is 11.7 Å². The molecule has 0 radical (unpaired) electrons. The number of nitrogens with two attached hydrogens (primary N) is 1. The third-order valence-corrected chi connectivity index (χ3v) is 2.01. The highest BCUT2D eigenvalue weighted by atomic mass is 16.3. The highest BCUT2D eigenvalue weighted by Gasteiger charge is 2.02. The Morgan fingerprint density at radius 1 is 1.33 bits per heavy atom. The molecule has 66 valence electrons. The first-order chi connectivity index (χ1) is 5.77. The lowest BCUT2D eigenvalue weighted by molar-refractivity contribution is 0.268. The van der Waals surface area contributed by atoms with Gasteiger partial charge in [0.15, 0.2) is 0 Å². The molecule has 2 nitrogen and oxygen atoms in total. The van der Waals surface area contributed by atoms with Crippen LogP contribution in [0.5, 0.6) is 0 Å². The van der Waals surface area contributed by atoms with Gasteiger partial charge in [0.05, 0.1) is 12.6 Å². The number of hydrogen-bond donors (Lipinski definition) is 2. The Balaban J connectivity index is 2.77. The second-order valence-corrected chi connectivity index (χ2v) is 2.88. The molecule has 1 unspecified atom stereocenters. The molecule has 0 amide bonds. The highest BCUT2D eigenvalue weighted by Crippen LogP contribution is 2.10. The van der Waals surface area contributed by atoms with Crippen molar-refractivity contribution in [3.63, 3.8) is 0 Å². The van der Waals surface area contributed by atoms with Crippen molar-refractivity contribution in [2.45, 2.75) is 19.4 Å². The van der Waals surface area contributed by atoms with E-state index in [0.29, 0.717) is 0 Å². The normalized spacial score (nSPS) is 12.9. The van der Waals surface area contributed by atoms with Crippen LogP contribution < -0.4 is 5.73 Å². The van der Waals surface area contributed by atoms with E-state index >= 15 is 0 Å². The average molecular weight is 165 g/mol. The van der Waals surface area contributed by atoms with Crippen molar-refractivity contribution >= 4 is 0 Å². The lowest BCUT2D eigenvalue weighted by atomic mass is 10.1. The van der Waals surface area contributed by atoms with E-state index < -0.39 is 0 Å². The minimum absolute atomic E-state index is 0.00543. The van der Waals surface area contributed by atoms with Crippen molar-refractivity contribution in [2.24, 2.45) is 5.73 Å². The van der Waals surface area contributed by atoms with E-state index in [1.165, 1.54) is 5.56 Å². The smallest absolute Gasteiger partial charge is 0.0624 e. The Bertz CT molecular complexity index is 230. The van der Waals surface area contributed by atoms with Gasteiger partial charge in [0.2, 0.25) is 0 Å². The topological polar surface area (TPSA) is 46.2 Å². The summed E-state index contributed by atoms with van der Waals surface area (Å²) in [6.07, 6.45) is 1.04. The lowest BCUT2D eigenvalue weighted by Gasteiger charge is -2.08. The zero-order valence-electron chi connectivity index (χ0n) is 7.33. The predicted octanol–water partition coefficient (Wildman–Crippen LogP) is 1.24. The summed E-state index contributed by atoms with van der Waals surface area (Å²) in [5.41, 5.74) is 7.93. The van der Waals surface area contributed by atoms with Crippen LogP contribution in [-0.2, 0) is 6.42 Å². The quantitative estimate of drug-likeness (QED) is 0.708. The van der Waals surface area contributed by atoms with Crippen molar-refractivity contribution in [3.8, 4) is 0 Å². The summed E-state index contributed by atoms with van der Waals surface area (Å²) in [6.45, 7) is 2.12. The van der Waals surface area contributed by atoms with Crippen molar-refractivity contribution in [3.05, 3.63) is 35.4 Å². The Kier molecular flexibility index (Phi) is 3.26. The molecule has 1 atom stereocenters. The molecule has 0 aromatic heterocycles. The predicted molar refractivity (Wildman–Crippen MR) is 49.8 cm³/mol. The van der Waals surface area contributed by atoms with Crippen LogP contribution in [0.2, 0.25) is 0 Å². The van der Waals surface area contributed by atoms with Gasteiger partial charge in [-0.15, -0.1) is 0 Å². The van der Waals surface area contributed by atoms with Gasteiger partial charge in [0, 0.05) is 0 Å². The summed E-state index contributed by atoms with van der Waals surface area (Å²) >= 11 is 0. The molecule has 0 bridgehead atoms. The van der Waals surface area contributed by atoms with Crippen LogP contribution in [0, 0.1) is 0 Å². The van der Waals surface area contributed by atoms with E-state index in [2.05, 4.69) is 6.92 Å². The molecule has 0 aliphatic carbocycles. The number of benzene rings is 1. The fourth-order valence-electron chi connectivity index (χ4n) is 1.11. The SMILES string of the molecule is CCc1ccc(C(N)CO)cc1. The van der Waals surface area contributed by atoms with Crippen LogP contribution in [0.3, 0.4) is 0 Å². The zero-order valence-corrected chi connectivity index (χ0v) is 7.33. The Hall–Kier alpha value is -0.860. The maximum Gasteiger partial charge on any atom is 0.0624 e. The van der Waals surface area contributed by atoms with Crippen LogP contribution in [0.25, 0.3) is 0 Å². The molecule has 0 spiro atoms. The molecule has 1 aromatic rings. The highest BCUT2D eigenvalue weighted by molar-refractivity contribution is 5.24. The molecule has 0 fully saturated rings. The molecule has 0 saturated heterocycles. The summed E-state index contributed by atoms with van der Waals surface area (Å²) in [5.74, 6) is 0. The van der Waals surface area contributed by atoms with Gasteiger partial charge in [0.1, 0.15) is 0 Å². The standard InChI is InChI=1S/C10H15NO/c1-2-8-3-5-9(6-4-8)10(11)7-12/h3-6,10,12H,2,7,11H2,1H3. The van der Waals surface area contributed by atoms with Gasteiger partial charge in [-0.2, -0.15) is 0 Å². The molecule has 0 heterocycles. The molecular formula is C10H15NO. The molecule has 0 aliphatic heterocycles. The van der Waals surface area contributed by atoms with Gasteiger partial charge in [-0.1, -0.05) is 31.2 Å². The molecule has 3 N–H and O–H groups in total. The fraction of sp³-hybridized carbons (Fsp3) is 0.400. The molecule has 2 heteroatoms. The second-order valence-electron chi connectivity index (χ2n) is 2.88. The maximum absolute atomic E-state index is 8.79. The van der Waals surface area contributed by atoms with Gasteiger partial charge in [-0.3, -0.25) is 0 Å². The molecule has 1 aromatic carbocycles. The number of rotatable bonds is 3. The van der Waals surface area contributed by atoms with Crippen molar-refractivity contribution in [1.82, 2.24) is 0 Å². The van der Waals surface area contributed by atoms with Crippen LogP contribution in [0.15, 0.2) is 24.3 Å². The lowest BCUT2D eigenvalue weighted by Crippen LogP contribution is -2.14. The Morgan fingerprint density at radius 3 is 2.33 bits per heavy atom. The van der Waals surface area contributed by atoms with E-state index in [9.17, 15) is 0 Å². The number of aliphatic hydroxyl groups is 1. The molecule has 1 rings (SSSR count). The summed E-state index contributed by atoms with van der Waals surface area (Å²) in [4.78, 5) is 0. The largest absolute Gasteiger partial charge is 0.394 e. The third-order valence-electron chi connectivity index (χ3n) is 2.01. The Labute approximate surface area is 73.0 Å². The third kappa shape index (κ3) is 2.06. The second kappa shape index (κ2) is 4.24. The van der Waals surface area contributed by atoms with E-state index in [1.54, 1.807) is 0 Å². The van der Waals surface area contributed by atoms with Crippen molar-refractivity contribution < 1.29 is 5.11 Å². The minimum Gasteiger partial charge on any atom is -0.394 e. The average Bonchev–Trinajstić information content (AvgIpc) is 2.17. The minimum atomic E-state index is -0.240.